The number of nitrogens with zero attached hydrogens (tertiary/aromatic N) is 1. The van der Waals surface area contributed by atoms with Gasteiger partial charge in [0.15, 0.2) is 0 Å². The highest BCUT2D eigenvalue weighted by atomic mass is 79.9. The van der Waals surface area contributed by atoms with Gasteiger partial charge in [0.05, 0.1) is 7.11 Å². The van der Waals surface area contributed by atoms with Crippen LogP contribution in [0.4, 0.5) is 0 Å². The lowest BCUT2D eigenvalue weighted by molar-refractivity contribution is 0.414. The van der Waals surface area contributed by atoms with Gasteiger partial charge in [0, 0.05) is 22.9 Å². The second kappa shape index (κ2) is 5.19. The fourth-order valence-electron chi connectivity index (χ4n) is 2.08. The molecular formula is C15H18BrNO. The molecule has 0 aliphatic heterocycles. The van der Waals surface area contributed by atoms with Gasteiger partial charge in [-0.3, -0.25) is 0 Å². The minimum absolute atomic E-state index is 0.859. The molecule has 0 bridgehead atoms. The van der Waals surface area contributed by atoms with Crippen molar-refractivity contribution in [1.82, 2.24) is 4.57 Å². The molecule has 96 valence electrons. The van der Waals surface area contributed by atoms with Crippen LogP contribution in [-0.2, 0) is 6.54 Å². The second-order valence-electron chi connectivity index (χ2n) is 4.61. The summed E-state index contributed by atoms with van der Waals surface area (Å²) in [6, 6.07) is 6.08. The average molecular weight is 308 g/mol. The predicted molar refractivity (Wildman–Crippen MR) is 78.4 cm³/mol. The van der Waals surface area contributed by atoms with Gasteiger partial charge in [-0.05, 0) is 55.7 Å². The number of methoxy groups -OCH3 is 1. The number of aryl methyl sites for hydroxylation is 1. The third-order valence-electron chi connectivity index (χ3n) is 3.51. The molecule has 0 saturated heterocycles. The van der Waals surface area contributed by atoms with E-state index in [1.54, 1.807) is 7.11 Å². The van der Waals surface area contributed by atoms with Crippen molar-refractivity contribution >= 4 is 15.9 Å². The molecule has 1 aromatic heterocycles. The first-order valence-electron chi connectivity index (χ1n) is 5.98. The predicted octanol–water partition coefficient (Wildman–Crippen LogP) is 4.23. The van der Waals surface area contributed by atoms with Crippen LogP contribution in [0.25, 0.3) is 0 Å². The Bertz CT molecular complexity index is 572. The maximum Gasteiger partial charge on any atom is 0.119 e. The first-order valence-corrected chi connectivity index (χ1v) is 6.77. The topological polar surface area (TPSA) is 14.2 Å². The number of rotatable bonds is 3. The minimum Gasteiger partial charge on any atom is -0.497 e. The van der Waals surface area contributed by atoms with E-state index in [1.807, 2.05) is 12.1 Å². The van der Waals surface area contributed by atoms with Crippen molar-refractivity contribution in [2.75, 3.05) is 7.11 Å². The van der Waals surface area contributed by atoms with Crippen LogP contribution in [0, 0.1) is 20.8 Å². The molecule has 0 aliphatic carbocycles. The molecule has 0 aliphatic rings. The number of benzene rings is 1. The third kappa shape index (κ3) is 2.46. The van der Waals surface area contributed by atoms with Crippen molar-refractivity contribution in [3.05, 3.63) is 51.3 Å². The van der Waals surface area contributed by atoms with Crippen LogP contribution in [0.5, 0.6) is 5.75 Å². The highest BCUT2D eigenvalue weighted by molar-refractivity contribution is 9.10. The van der Waals surface area contributed by atoms with Gasteiger partial charge < -0.3 is 9.30 Å². The molecule has 1 heterocycles. The van der Waals surface area contributed by atoms with Crippen molar-refractivity contribution < 1.29 is 4.74 Å². The first kappa shape index (κ1) is 13.2. The molecule has 18 heavy (non-hydrogen) atoms. The van der Waals surface area contributed by atoms with Crippen LogP contribution >= 0.6 is 15.9 Å². The fourth-order valence-corrected chi connectivity index (χ4v) is 2.45. The number of hydrogen-bond donors (Lipinski definition) is 0. The third-order valence-corrected chi connectivity index (χ3v) is 4.28. The van der Waals surface area contributed by atoms with E-state index in [4.69, 9.17) is 4.74 Å². The zero-order chi connectivity index (χ0) is 13.3. The largest absolute Gasteiger partial charge is 0.497 e. The molecule has 0 radical (unpaired) electrons. The average Bonchev–Trinajstić information content (AvgIpc) is 2.60. The molecule has 2 nitrogen and oxygen atoms in total. The number of ether oxygens (including phenoxy) is 1. The lowest BCUT2D eigenvalue weighted by atomic mass is 10.2. The monoisotopic (exact) mass is 307 g/mol. The Balaban J connectivity index is 2.36. The summed E-state index contributed by atoms with van der Waals surface area (Å²) in [6.45, 7) is 7.34. The van der Waals surface area contributed by atoms with E-state index >= 15 is 0 Å². The number of halogens is 1. The molecule has 0 spiro atoms. The molecule has 0 fully saturated rings. The van der Waals surface area contributed by atoms with Crippen molar-refractivity contribution in [2.45, 2.75) is 27.3 Å². The maximum atomic E-state index is 5.28. The van der Waals surface area contributed by atoms with E-state index in [9.17, 15) is 0 Å². The molecule has 0 unspecified atom stereocenters. The normalized spacial score (nSPS) is 10.7. The Morgan fingerprint density at radius 1 is 1.22 bits per heavy atom. The molecule has 2 rings (SSSR count). The Labute approximate surface area is 117 Å². The molecular weight excluding hydrogens is 290 g/mol. The zero-order valence-corrected chi connectivity index (χ0v) is 12.8. The summed E-state index contributed by atoms with van der Waals surface area (Å²) < 4.78 is 8.68. The smallest absolute Gasteiger partial charge is 0.119 e. The summed E-state index contributed by atoms with van der Waals surface area (Å²) in [5, 5.41) is 0. The van der Waals surface area contributed by atoms with E-state index < -0.39 is 0 Å². The molecule has 0 saturated carbocycles. The van der Waals surface area contributed by atoms with Crippen LogP contribution in [0.15, 0.2) is 28.9 Å². The Hall–Kier alpha value is -1.22. The molecule has 2 aromatic rings. The van der Waals surface area contributed by atoms with Crippen molar-refractivity contribution in [1.29, 1.82) is 0 Å². The molecule has 3 heteroatoms. The van der Waals surface area contributed by atoms with E-state index in [0.717, 1.165) is 16.8 Å². The molecule has 0 N–H and O–H groups in total. The van der Waals surface area contributed by atoms with Gasteiger partial charge in [0.25, 0.3) is 0 Å². The van der Waals surface area contributed by atoms with E-state index in [-0.39, 0.29) is 0 Å². The summed E-state index contributed by atoms with van der Waals surface area (Å²) in [5.41, 5.74) is 5.26. The van der Waals surface area contributed by atoms with Gasteiger partial charge in [-0.15, -0.1) is 0 Å². The Morgan fingerprint density at radius 2 is 1.94 bits per heavy atom. The Morgan fingerprint density at radius 3 is 2.50 bits per heavy atom. The van der Waals surface area contributed by atoms with Crippen LogP contribution in [-0.4, -0.2) is 11.7 Å². The standard InChI is InChI=1S/C15H18BrNO/c1-10-8-17(12(3)11(10)2)9-13-7-14(18-4)5-6-15(13)16/h5-8H,9H2,1-4H3. The van der Waals surface area contributed by atoms with Gasteiger partial charge in [-0.25, -0.2) is 0 Å². The quantitative estimate of drug-likeness (QED) is 0.827. The van der Waals surface area contributed by atoms with Crippen LogP contribution in [0.3, 0.4) is 0 Å². The first-order chi connectivity index (χ1) is 8.52. The van der Waals surface area contributed by atoms with E-state index in [0.29, 0.717) is 0 Å². The zero-order valence-electron chi connectivity index (χ0n) is 11.2. The second-order valence-corrected chi connectivity index (χ2v) is 5.46. The van der Waals surface area contributed by atoms with Crippen LogP contribution in [0.2, 0.25) is 0 Å². The lowest BCUT2D eigenvalue weighted by Crippen LogP contribution is -2.01. The highest BCUT2D eigenvalue weighted by Gasteiger charge is 2.08. The van der Waals surface area contributed by atoms with Crippen LogP contribution in [0.1, 0.15) is 22.4 Å². The van der Waals surface area contributed by atoms with Crippen LogP contribution < -0.4 is 4.74 Å². The van der Waals surface area contributed by atoms with Gasteiger partial charge in [-0.1, -0.05) is 15.9 Å². The summed E-state index contributed by atoms with van der Waals surface area (Å²) in [4.78, 5) is 0. The summed E-state index contributed by atoms with van der Waals surface area (Å²) >= 11 is 3.60. The molecule has 1 aromatic carbocycles. The number of hydrogen-bond acceptors (Lipinski definition) is 1. The van der Waals surface area contributed by atoms with Crippen molar-refractivity contribution in [3.8, 4) is 5.75 Å². The lowest BCUT2D eigenvalue weighted by Gasteiger charge is -2.10. The van der Waals surface area contributed by atoms with Crippen molar-refractivity contribution in [3.63, 3.8) is 0 Å². The van der Waals surface area contributed by atoms with E-state index in [1.165, 1.54) is 22.4 Å². The number of aromatic nitrogens is 1. The van der Waals surface area contributed by atoms with Crippen molar-refractivity contribution in [2.24, 2.45) is 0 Å². The fraction of sp³-hybridized carbons (Fsp3) is 0.333. The highest BCUT2D eigenvalue weighted by Crippen LogP contribution is 2.25. The van der Waals surface area contributed by atoms with Gasteiger partial charge >= 0.3 is 0 Å². The summed E-state index contributed by atoms with van der Waals surface area (Å²) in [6.07, 6.45) is 2.20. The van der Waals surface area contributed by atoms with E-state index in [2.05, 4.69) is 53.5 Å². The molecule has 0 amide bonds. The summed E-state index contributed by atoms with van der Waals surface area (Å²) in [5.74, 6) is 0.895. The summed E-state index contributed by atoms with van der Waals surface area (Å²) in [7, 11) is 1.70. The van der Waals surface area contributed by atoms with Gasteiger partial charge in [0.2, 0.25) is 0 Å². The molecule has 0 atom stereocenters. The van der Waals surface area contributed by atoms with Gasteiger partial charge in [-0.2, -0.15) is 0 Å². The Kier molecular flexibility index (Phi) is 3.81. The minimum atomic E-state index is 0.859. The maximum absolute atomic E-state index is 5.28. The van der Waals surface area contributed by atoms with Gasteiger partial charge in [0.1, 0.15) is 5.75 Å². The SMILES string of the molecule is COc1ccc(Br)c(Cn2cc(C)c(C)c2C)c1.